The van der Waals surface area contributed by atoms with Gasteiger partial charge >= 0.3 is 5.97 Å². The molecule has 0 fully saturated rings. The maximum Gasteiger partial charge on any atom is 0.339 e. The van der Waals surface area contributed by atoms with Gasteiger partial charge in [0.1, 0.15) is 5.60 Å². The molecule has 0 heterocycles. The maximum atomic E-state index is 12.4. The van der Waals surface area contributed by atoms with E-state index in [0.717, 1.165) is 25.7 Å². The number of carbonyl (C=O) groups is 2. The molecule has 0 aliphatic heterocycles. The number of ether oxygens (including phenoxy) is 1. The minimum Gasteiger partial charge on any atom is -0.545 e. The molecule has 1 aromatic rings. The van der Waals surface area contributed by atoms with Gasteiger partial charge in [0.25, 0.3) is 0 Å². The highest BCUT2D eigenvalue weighted by atomic mass is 16.6. The van der Waals surface area contributed by atoms with E-state index in [1.165, 1.54) is 12.1 Å². The largest absolute Gasteiger partial charge is 0.545 e. The van der Waals surface area contributed by atoms with Crippen LogP contribution in [0.4, 0.5) is 0 Å². The Labute approximate surface area is 132 Å². The lowest BCUT2D eigenvalue weighted by molar-refractivity contribution is -0.255. The van der Waals surface area contributed by atoms with Gasteiger partial charge in [0.05, 0.1) is 11.5 Å². The minimum atomic E-state index is -1.36. The van der Waals surface area contributed by atoms with Gasteiger partial charge in [-0.25, -0.2) is 4.79 Å². The van der Waals surface area contributed by atoms with E-state index in [4.69, 9.17) is 4.74 Å². The molecule has 0 aromatic heterocycles. The molecule has 0 saturated carbocycles. The maximum absolute atomic E-state index is 12.4. The fourth-order valence-corrected chi connectivity index (χ4v) is 2.59. The van der Waals surface area contributed by atoms with Gasteiger partial charge in [-0.1, -0.05) is 51.8 Å². The molecule has 22 heavy (non-hydrogen) atoms. The molecule has 0 N–H and O–H groups in total. The van der Waals surface area contributed by atoms with Crippen LogP contribution in [0, 0.1) is 0 Å². The third-order valence-corrected chi connectivity index (χ3v) is 4.20. The molecular weight excluding hydrogens is 280 g/mol. The summed E-state index contributed by atoms with van der Waals surface area (Å²) in [6.07, 6.45) is 5.42. The van der Waals surface area contributed by atoms with Gasteiger partial charge in [0, 0.05) is 5.56 Å². The third-order valence-electron chi connectivity index (χ3n) is 4.20. The topological polar surface area (TPSA) is 66.4 Å². The average Bonchev–Trinajstić information content (AvgIpc) is 2.54. The molecule has 0 radical (unpaired) electrons. The van der Waals surface area contributed by atoms with E-state index in [2.05, 4.69) is 6.92 Å². The first-order valence-corrected chi connectivity index (χ1v) is 8.03. The number of aromatic carboxylic acids is 1. The van der Waals surface area contributed by atoms with Crippen molar-refractivity contribution >= 4 is 11.9 Å². The monoisotopic (exact) mass is 305 g/mol. The lowest BCUT2D eigenvalue weighted by atomic mass is 9.90. The first-order valence-electron chi connectivity index (χ1n) is 8.03. The number of unbranched alkanes of at least 4 members (excludes halogenated alkanes) is 2. The Morgan fingerprint density at radius 2 is 1.64 bits per heavy atom. The van der Waals surface area contributed by atoms with Crippen LogP contribution < -0.4 is 5.11 Å². The molecule has 0 amide bonds. The van der Waals surface area contributed by atoms with Crippen LogP contribution in [0.3, 0.4) is 0 Å². The number of rotatable bonds is 9. The quantitative estimate of drug-likeness (QED) is 0.518. The van der Waals surface area contributed by atoms with Crippen LogP contribution >= 0.6 is 0 Å². The Morgan fingerprint density at radius 1 is 1.05 bits per heavy atom. The van der Waals surface area contributed by atoms with Crippen LogP contribution in [0.2, 0.25) is 0 Å². The fraction of sp³-hybridized carbons (Fsp3) is 0.556. The molecule has 0 aliphatic rings. The summed E-state index contributed by atoms with van der Waals surface area (Å²) in [5.74, 6) is -1.95. The second-order valence-electron chi connectivity index (χ2n) is 5.57. The first kappa shape index (κ1) is 18.2. The van der Waals surface area contributed by atoms with E-state index in [0.29, 0.717) is 12.8 Å². The van der Waals surface area contributed by atoms with Crippen molar-refractivity contribution < 1.29 is 19.4 Å². The minimum absolute atomic E-state index is 0.0595. The summed E-state index contributed by atoms with van der Waals surface area (Å²) >= 11 is 0. The lowest BCUT2D eigenvalue weighted by Gasteiger charge is -2.32. The van der Waals surface area contributed by atoms with Crippen LogP contribution in [-0.4, -0.2) is 17.5 Å². The SMILES string of the molecule is CCCCCC(CC)(CC)OC(=O)c1ccccc1C(=O)[O-]. The third kappa shape index (κ3) is 4.58. The van der Waals surface area contributed by atoms with Crippen molar-refractivity contribution in [3.8, 4) is 0 Å². The number of carboxylic acid groups (broad SMARTS) is 1. The summed E-state index contributed by atoms with van der Waals surface area (Å²) in [6, 6.07) is 6.02. The second kappa shape index (κ2) is 8.57. The number of benzene rings is 1. The number of carboxylic acids is 1. The van der Waals surface area contributed by atoms with Crippen molar-refractivity contribution in [2.24, 2.45) is 0 Å². The molecule has 0 atom stereocenters. The van der Waals surface area contributed by atoms with Crippen LogP contribution in [0.5, 0.6) is 0 Å². The summed E-state index contributed by atoms with van der Waals surface area (Å²) in [5.41, 5.74) is -0.586. The molecule has 122 valence electrons. The molecule has 0 unspecified atom stereocenters. The van der Waals surface area contributed by atoms with E-state index >= 15 is 0 Å². The smallest absolute Gasteiger partial charge is 0.339 e. The Bertz CT molecular complexity index is 504. The van der Waals surface area contributed by atoms with Crippen LogP contribution in [-0.2, 0) is 4.74 Å². The van der Waals surface area contributed by atoms with Gasteiger partial charge in [0.2, 0.25) is 0 Å². The van der Waals surface area contributed by atoms with Gasteiger partial charge in [-0.15, -0.1) is 0 Å². The van der Waals surface area contributed by atoms with E-state index in [1.54, 1.807) is 12.1 Å². The highest BCUT2D eigenvalue weighted by molar-refractivity contribution is 6.01. The first-order chi connectivity index (χ1) is 10.5. The number of carbonyl (C=O) groups excluding carboxylic acids is 2. The van der Waals surface area contributed by atoms with Gasteiger partial charge in [-0.3, -0.25) is 0 Å². The summed E-state index contributed by atoms with van der Waals surface area (Å²) in [4.78, 5) is 23.5. The molecule has 4 heteroatoms. The zero-order valence-electron chi connectivity index (χ0n) is 13.7. The van der Waals surface area contributed by atoms with E-state index < -0.39 is 17.5 Å². The standard InChI is InChI=1S/C18H26O4/c1-4-7-10-13-18(5-2,6-3)22-17(21)15-12-9-8-11-14(15)16(19)20/h8-9,11-12H,4-7,10,13H2,1-3H3,(H,19,20)/p-1. The Kier molecular flexibility index (Phi) is 7.09. The lowest BCUT2D eigenvalue weighted by Crippen LogP contribution is -2.35. The molecule has 0 saturated heterocycles. The summed E-state index contributed by atoms with van der Waals surface area (Å²) in [7, 11) is 0. The summed E-state index contributed by atoms with van der Waals surface area (Å²) in [6.45, 7) is 6.11. The summed E-state index contributed by atoms with van der Waals surface area (Å²) in [5, 5.41) is 11.1. The highest BCUT2D eigenvalue weighted by Gasteiger charge is 2.31. The van der Waals surface area contributed by atoms with Gasteiger partial charge in [-0.2, -0.15) is 0 Å². The van der Waals surface area contributed by atoms with Crippen molar-refractivity contribution in [2.45, 2.75) is 64.9 Å². The van der Waals surface area contributed by atoms with Crippen molar-refractivity contribution in [1.82, 2.24) is 0 Å². The molecule has 1 aromatic carbocycles. The fourth-order valence-electron chi connectivity index (χ4n) is 2.59. The molecule has 1 rings (SSSR count). The van der Waals surface area contributed by atoms with E-state index in [-0.39, 0.29) is 11.1 Å². The van der Waals surface area contributed by atoms with Crippen molar-refractivity contribution in [3.63, 3.8) is 0 Å². The zero-order chi connectivity index (χ0) is 16.6. The van der Waals surface area contributed by atoms with E-state index in [1.807, 2.05) is 13.8 Å². The molecule has 0 spiro atoms. The van der Waals surface area contributed by atoms with Crippen LogP contribution in [0.1, 0.15) is 80.0 Å². The van der Waals surface area contributed by atoms with Crippen LogP contribution in [0.15, 0.2) is 24.3 Å². The highest BCUT2D eigenvalue weighted by Crippen LogP contribution is 2.29. The van der Waals surface area contributed by atoms with Crippen molar-refractivity contribution in [3.05, 3.63) is 35.4 Å². The molecule has 4 nitrogen and oxygen atoms in total. The van der Waals surface area contributed by atoms with Crippen molar-refractivity contribution in [2.75, 3.05) is 0 Å². The van der Waals surface area contributed by atoms with Gasteiger partial charge in [-0.05, 0) is 31.7 Å². The Balaban J connectivity index is 2.94. The summed E-state index contributed by atoms with van der Waals surface area (Å²) < 4.78 is 5.73. The van der Waals surface area contributed by atoms with Gasteiger partial charge < -0.3 is 14.6 Å². The van der Waals surface area contributed by atoms with Crippen LogP contribution in [0.25, 0.3) is 0 Å². The van der Waals surface area contributed by atoms with Gasteiger partial charge in [0.15, 0.2) is 0 Å². The number of esters is 1. The molecule has 0 bridgehead atoms. The number of hydrogen-bond donors (Lipinski definition) is 0. The predicted octanol–water partition coefficient (Wildman–Crippen LogP) is 3.35. The number of hydrogen-bond acceptors (Lipinski definition) is 4. The second-order valence-corrected chi connectivity index (χ2v) is 5.57. The van der Waals surface area contributed by atoms with E-state index in [9.17, 15) is 14.7 Å². The average molecular weight is 305 g/mol. The molecular formula is C18H25O4-. The zero-order valence-corrected chi connectivity index (χ0v) is 13.7. The Morgan fingerprint density at radius 3 is 2.14 bits per heavy atom. The predicted molar refractivity (Wildman–Crippen MR) is 83.6 cm³/mol. The Hall–Kier alpha value is -1.84. The molecule has 0 aliphatic carbocycles. The normalized spacial score (nSPS) is 11.2. The van der Waals surface area contributed by atoms with Crippen molar-refractivity contribution in [1.29, 1.82) is 0 Å².